The summed E-state index contributed by atoms with van der Waals surface area (Å²) in [5, 5.41) is 14.7. The predicted molar refractivity (Wildman–Crippen MR) is 97.5 cm³/mol. The van der Waals surface area contributed by atoms with Crippen LogP contribution in [0.25, 0.3) is 0 Å². The van der Waals surface area contributed by atoms with Crippen LogP contribution >= 0.6 is 11.6 Å². The zero-order chi connectivity index (χ0) is 17.4. The highest BCUT2D eigenvalue weighted by atomic mass is 35.5. The van der Waals surface area contributed by atoms with Crippen LogP contribution in [-0.4, -0.2) is 48.2 Å². The number of anilines is 2. The molecule has 0 saturated heterocycles. The normalized spacial score (nSPS) is 10.7. The van der Waals surface area contributed by atoms with Crippen LogP contribution in [0.5, 0.6) is 0 Å². The molecule has 128 valence electrons. The van der Waals surface area contributed by atoms with Gasteiger partial charge < -0.3 is 15.5 Å². The summed E-state index contributed by atoms with van der Waals surface area (Å²) in [4.78, 5) is 14.1. The number of aromatic nitrogens is 2. The van der Waals surface area contributed by atoms with E-state index in [1.54, 1.807) is 24.3 Å². The van der Waals surface area contributed by atoms with Crippen molar-refractivity contribution >= 4 is 29.1 Å². The van der Waals surface area contributed by atoms with Gasteiger partial charge in [-0.15, -0.1) is 10.2 Å². The topological polar surface area (TPSA) is 70.2 Å². The van der Waals surface area contributed by atoms with E-state index in [0.717, 1.165) is 25.1 Å². The molecule has 0 unspecified atom stereocenters. The summed E-state index contributed by atoms with van der Waals surface area (Å²) < 4.78 is 0. The number of halogens is 1. The van der Waals surface area contributed by atoms with Gasteiger partial charge in [-0.3, -0.25) is 4.79 Å². The third-order valence-corrected chi connectivity index (χ3v) is 3.55. The maximum Gasteiger partial charge on any atom is 0.229 e. The van der Waals surface area contributed by atoms with Crippen molar-refractivity contribution in [3.63, 3.8) is 0 Å². The molecule has 2 aromatic rings. The number of hydrogen-bond donors (Lipinski definition) is 2. The van der Waals surface area contributed by atoms with E-state index in [-0.39, 0.29) is 12.3 Å². The van der Waals surface area contributed by atoms with Crippen molar-refractivity contribution in [2.75, 3.05) is 37.8 Å². The van der Waals surface area contributed by atoms with Crippen molar-refractivity contribution in [2.45, 2.75) is 12.8 Å². The molecule has 0 radical (unpaired) electrons. The molecule has 1 aromatic heterocycles. The van der Waals surface area contributed by atoms with Gasteiger partial charge in [0.05, 0.1) is 6.42 Å². The minimum atomic E-state index is -0.140. The van der Waals surface area contributed by atoms with Crippen LogP contribution in [0.4, 0.5) is 11.6 Å². The van der Waals surface area contributed by atoms with Gasteiger partial charge in [0.15, 0.2) is 5.82 Å². The molecular weight excluding hydrogens is 326 g/mol. The smallest absolute Gasteiger partial charge is 0.229 e. The Morgan fingerprint density at radius 1 is 1.08 bits per heavy atom. The zero-order valence-electron chi connectivity index (χ0n) is 13.9. The van der Waals surface area contributed by atoms with Crippen molar-refractivity contribution in [2.24, 2.45) is 0 Å². The number of nitrogens with one attached hydrogen (secondary N) is 2. The zero-order valence-corrected chi connectivity index (χ0v) is 14.7. The molecule has 1 aromatic carbocycles. The second kappa shape index (κ2) is 9.20. The van der Waals surface area contributed by atoms with E-state index in [9.17, 15) is 4.79 Å². The molecule has 0 spiro atoms. The van der Waals surface area contributed by atoms with Crippen molar-refractivity contribution < 1.29 is 4.79 Å². The molecular formula is C17H22ClN5O. The second-order valence-electron chi connectivity index (χ2n) is 5.74. The molecule has 6 nitrogen and oxygen atoms in total. The van der Waals surface area contributed by atoms with Crippen LogP contribution in [0.1, 0.15) is 12.0 Å². The van der Waals surface area contributed by atoms with Gasteiger partial charge in [0.2, 0.25) is 5.91 Å². The lowest BCUT2D eigenvalue weighted by Crippen LogP contribution is -2.17. The van der Waals surface area contributed by atoms with Gasteiger partial charge in [-0.05, 0) is 56.9 Å². The van der Waals surface area contributed by atoms with E-state index >= 15 is 0 Å². The van der Waals surface area contributed by atoms with Gasteiger partial charge in [0.25, 0.3) is 0 Å². The fourth-order valence-electron chi connectivity index (χ4n) is 2.08. The van der Waals surface area contributed by atoms with E-state index in [0.29, 0.717) is 16.7 Å². The van der Waals surface area contributed by atoms with E-state index in [1.165, 1.54) is 0 Å². The largest absolute Gasteiger partial charge is 0.369 e. The first-order valence-corrected chi connectivity index (χ1v) is 8.17. The van der Waals surface area contributed by atoms with Crippen LogP contribution < -0.4 is 10.6 Å². The third kappa shape index (κ3) is 6.52. The molecule has 1 amide bonds. The van der Waals surface area contributed by atoms with Crippen LogP contribution in [0, 0.1) is 0 Å². The molecule has 1 heterocycles. The van der Waals surface area contributed by atoms with E-state index < -0.39 is 0 Å². The fourth-order valence-corrected chi connectivity index (χ4v) is 2.21. The molecule has 0 aliphatic rings. The third-order valence-electron chi connectivity index (χ3n) is 3.30. The molecule has 0 aliphatic carbocycles. The molecule has 0 fully saturated rings. The van der Waals surface area contributed by atoms with Crippen LogP contribution in [0.3, 0.4) is 0 Å². The number of amides is 1. The number of carbonyl (C=O) groups is 1. The predicted octanol–water partition coefficient (Wildman–Crippen LogP) is 2.67. The number of rotatable bonds is 8. The van der Waals surface area contributed by atoms with Gasteiger partial charge in [0.1, 0.15) is 5.82 Å². The Bertz CT molecular complexity index is 643. The van der Waals surface area contributed by atoms with E-state index in [4.69, 9.17) is 11.6 Å². The minimum absolute atomic E-state index is 0.140. The number of carbonyl (C=O) groups excluding carboxylic acids is 1. The number of hydrogen-bond acceptors (Lipinski definition) is 5. The number of nitrogens with zero attached hydrogens (tertiary/aromatic N) is 3. The van der Waals surface area contributed by atoms with E-state index in [1.807, 2.05) is 26.2 Å². The summed E-state index contributed by atoms with van der Waals surface area (Å²) >= 11 is 5.83. The molecule has 0 atom stereocenters. The van der Waals surface area contributed by atoms with Gasteiger partial charge in [-0.25, -0.2) is 0 Å². The van der Waals surface area contributed by atoms with Gasteiger partial charge in [-0.1, -0.05) is 23.7 Å². The molecule has 2 rings (SSSR count). The lowest BCUT2D eigenvalue weighted by molar-refractivity contribution is -0.115. The van der Waals surface area contributed by atoms with Crippen LogP contribution in [-0.2, 0) is 11.2 Å². The molecule has 2 N–H and O–H groups in total. The average Bonchev–Trinajstić information content (AvgIpc) is 2.55. The standard InChI is InChI=1S/C17H22ClN5O/c1-23(2)11-3-10-19-15-8-9-16(22-21-15)20-17(24)12-13-4-6-14(18)7-5-13/h4-9H,3,10-12H2,1-2H3,(H,19,21)(H,20,22,24). The summed E-state index contributed by atoms with van der Waals surface area (Å²) in [6, 6.07) is 10.7. The summed E-state index contributed by atoms with van der Waals surface area (Å²) in [6.07, 6.45) is 1.29. The number of benzene rings is 1. The monoisotopic (exact) mass is 347 g/mol. The first-order chi connectivity index (χ1) is 11.5. The maximum atomic E-state index is 12.0. The Morgan fingerprint density at radius 3 is 2.38 bits per heavy atom. The molecule has 0 bridgehead atoms. The van der Waals surface area contributed by atoms with Crippen molar-refractivity contribution in [3.8, 4) is 0 Å². The first kappa shape index (κ1) is 18.2. The highest BCUT2D eigenvalue weighted by molar-refractivity contribution is 6.30. The minimum Gasteiger partial charge on any atom is -0.369 e. The lowest BCUT2D eigenvalue weighted by Gasteiger charge is -2.10. The highest BCUT2D eigenvalue weighted by Crippen LogP contribution is 2.11. The Labute approximate surface area is 147 Å². The SMILES string of the molecule is CN(C)CCCNc1ccc(NC(=O)Cc2ccc(Cl)cc2)nn1. The second-order valence-corrected chi connectivity index (χ2v) is 6.18. The van der Waals surface area contributed by atoms with Crippen molar-refractivity contribution in [1.29, 1.82) is 0 Å². The Kier molecular flexibility index (Phi) is 6.96. The Morgan fingerprint density at radius 2 is 1.75 bits per heavy atom. The highest BCUT2D eigenvalue weighted by Gasteiger charge is 2.06. The van der Waals surface area contributed by atoms with Gasteiger partial charge >= 0.3 is 0 Å². The molecule has 24 heavy (non-hydrogen) atoms. The van der Waals surface area contributed by atoms with Crippen molar-refractivity contribution in [1.82, 2.24) is 15.1 Å². The van der Waals surface area contributed by atoms with Crippen LogP contribution in [0.2, 0.25) is 5.02 Å². The Balaban J connectivity index is 1.78. The van der Waals surface area contributed by atoms with Gasteiger partial charge in [0, 0.05) is 11.6 Å². The molecule has 7 heteroatoms. The Hall–Kier alpha value is -2.18. The van der Waals surface area contributed by atoms with Crippen LogP contribution in [0.15, 0.2) is 36.4 Å². The van der Waals surface area contributed by atoms with E-state index in [2.05, 4.69) is 25.7 Å². The van der Waals surface area contributed by atoms with Gasteiger partial charge in [-0.2, -0.15) is 0 Å². The lowest BCUT2D eigenvalue weighted by atomic mass is 10.1. The fraction of sp³-hybridized carbons (Fsp3) is 0.353. The summed E-state index contributed by atoms with van der Waals surface area (Å²) in [6.45, 7) is 1.84. The summed E-state index contributed by atoms with van der Waals surface area (Å²) in [7, 11) is 4.09. The van der Waals surface area contributed by atoms with Crippen molar-refractivity contribution in [3.05, 3.63) is 47.0 Å². The molecule has 0 saturated carbocycles. The average molecular weight is 348 g/mol. The first-order valence-electron chi connectivity index (χ1n) is 7.79. The quantitative estimate of drug-likeness (QED) is 0.718. The summed E-state index contributed by atoms with van der Waals surface area (Å²) in [5.41, 5.74) is 0.893. The summed E-state index contributed by atoms with van der Waals surface area (Å²) in [5.74, 6) is 0.996. The maximum absolute atomic E-state index is 12.0. The molecule has 0 aliphatic heterocycles.